The summed E-state index contributed by atoms with van der Waals surface area (Å²) >= 11 is 0. The van der Waals surface area contributed by atoms with Crippen LogP contribution < -0.4 is 0 Å². The van der Waals surface area contributed by atoms with Crippen LogP contribution in [0.1, 0.15) is 6.92 Å². The second-order valence-corrected chi connectivity index (χ2v) is 1.76. The standard InChI is InChI=1S/C2H3N.ClH.H3O4P/c1-2-3;;1-5(2,3)4/h1H3;1H;(H3,1,2,3,4). The summed E-state index contributed by atoms with van der Waals surface area (Å²) in [5, 5.41) is 7.32. The fourth-order valence-corrected chi connectivity index (χ4v) is 0. The van der Waals surface area contributed by atoms with E-state index < -0.39 is 7.82 Å². The summed E-state index contributed by atoms with van der Waals surface area (Å²) < 4.78 is 8.88. The second kappa shape index (κ2) is 7.89. The van der Waals surface area contributed by atoms with Crippen molar-refractivity contribution >= 4 is 20.2 Å². The minimum atomic E-state index is -4.64. The summed E-state index contributed by atoms with van der Waals surface area (Å²) in [6.07, 6.45) is 0. The zero-order valence-electron chi connectivity index (χ0n) is 4.55. The van der Waals surface area contributed by atoms with Crippen molar-refractivity contribution in [3.63, 3.8) is 0 Å². The molecule has 0 aliphatic heterocycles. The first-order valence-electron chi connectivity index (χ1n) is 1.51. The Bertz CT molecular complexity index is 117. The maximum atomic E-state index is 8.88. The van der Waals surface area contributed by atoms with Gasteiger partial charge in [0.1, 0.15) is 0 Å². The molecule has 0 aromatic rings. The predicted molar refractivity (Wildman–Crippen MR) is 32.8 cm³/mol. The van der Waals surface area contributed by atoms with Gasteiger partial charge in [-0.3, -0.25) is 0 Å². The fraction of sp³-hybridized carbons (Fsp3) is 0.500. The van der Waals surface area contributed by atoms with Crippen LogP contribution in [0.3, 0.4) is 0 Å². The number of halogens is 1. The Balaban J connectivity index is -0.0000000800. The van der Waals surface area contributed by atoms with Gasteiger partial charge in [-0.05, 0) is 0 Å². The quantitative estimate of drug-likeness (QED) is 0.451. The molecular weight excluding hydrogens is 168 g/mol. The van der Waals surface area contributed by atoms with Crippen molar-refractivity contribution in [3.05, 3.63) is 0 Å². The second-order valence-electron chi connectivity index (χ2n) is 0.737. The van der Waals surface area contributed by atoms with Crippen LogP contribution in [0.15, 0.2) is 0 Å². The summed E-state index contributed by atoms with van der Waals surface area (Å²) in [5.74, 6) is 0. The number of hydrogen-bond donors (Lipinski definition) is 3. The highest BCUT2D eigenvalue weighted by molar-refractivity contribution is 7.45. The normalized spacial score (nSPS) is 7.44. The number of nitrogens with zero attached hydrogens (tertiary/aromatic N) is 1. The molecule has 0 aromatic carbocycles. The van der Waals surface area contributed by atoms with Crippen LogP contribution in [0.25, 0.3) is 0 Å². The van der Waals surface area contributed by atoms with E-state index in [2.05, 4.69) is 0 Å². The van der Waals surface area contributed by atoms with Crippen molar-refractivity contribution < 1.29 is 19.2 Å². The monoisotopic (exact) mass is 175 g/mol. The molecule has 0 aliphatic rings. The van der Waals surface area contributed by atoms with E-state index in [4.69, 9.17) is 24.5 Å². The highest BCUT2D eigenvalue weighted by atomic mass is 35.5. The van der Waals surface area contributed by atoms with Gasteiger partial charge in [-0.1, -0.05) is 0 Å². The Morgan fingerprint density at radius 3 is 1.44 bits per heavy atom. The molecule has 9 heavy (non-hydrogen) atoms. The molecule has 56 valence electrons. The van der Waals surface area contributed by atoms with Crippen LogP contribution in [-0.2, 0) is 4.57 Å². The third-order valence-electron chi connectivity index (χ3n) is 0. The number of rotatable bonds is 0. The van der Waals surface area contributed by atoms with Crippen LogP contribution >= 0.6 is 20.2 Å². The Hall–Kier alpha value is -0.110. The zero-order valence-corrected chi connectivity index (χ0v) is 6.26. The molecule has 3 N–H and O–H groups in total. The number of nitriles is 1. The molecule has 0 amide bonds. The number of phosphoric acid groups is 1. The van der Waals surface area contributed by atoms with Crippen LogP contribution in [0.2, 0.25) is 0 Å². The van der Waals surface area contributed by atoms with Gasteiger partial charge in [0, 0.05) is 6.92 Å². The first-order chi connectivity index (χ1) is 3.41. The highest BCUT2D eigenvalue weighted by Gasteiger charge is 2.00. The Labute approximate surface area is 58.6 Å². The van der Waals surface area contributed by atoms with Gasteiger partial charge in [0.25, 0.3) is 0 Å². The van der Waals surface area contributed by atoms with E-state index in [1.54, 1.807) is 6.07 Å². The summed E-state index contributed by atoms with van der Waals surface area (Å²) in [4.78, 5) is 21.6. The van der Waals surface area contributed by atoms with E-state index in [1.807, 2.05) is 0 Å². The predicted octanol–water partition coefficient (Wildman–Crippen LogP) is 0.0231. The Kier molecular flexibility index (Phi) is 14.0. The smallest absolute Gasteiger partial charge is 0.303 e. The fourth-order valence-electron chi connectivity index (χ4n) is 0. The van der Waals surface area contributed by atoms with Gasteiger partial charge in [0.15, 0.2) is 0 Å². The molecule has 0 aliphatic carbocycles. The lowest BCUT2D eigenvalue weighted by Gasteiger charge is -1.82. The topological polar surface area (TPSA) is 102 Å². The van der Waals surface area contributed by atoms with E-state index in [-0.39, 0.29) is 12.4 Å². The van der Waals surface area contributed by atoms with E-state index in [0.717, 1.165) is 0 Å². The van der Waals surface area contributed by atoms with Gasteiger partial charge in [-0.2, -0.15) is 5.26 Å². The molecule has 0 heterocycles. The molecule has 0 atom stereocenters. The maximum Gasteiger partial charge on any atom is 0.466 e. The van der Waals surface area contributed by atoms with Gasteiger partial charge >= 0.3 is 7.82 Å². The summed E-state index contributed by atoms with van der Waals surface area (Å²) in [6.45, 7) is 1.43. The average molecular weight is 176 g/mol. The lowest BCUT2D eigenvalue weighted by Crippen LogP contribution is -1.66. The van der Waals surface area contributed by atoms with E-state index in [0.29, 0.717) is 0 Å². The highest BCUT2D eigenvalue weighted by Crippen LogP contribution is 2.25. The van der Waals surface area contributed by atoms with Crippen molar-refractivity contribution in [2.45, 2.75) is 6.92 Å². The van der Waals surface area contributed by atoms with Crippen molar-refractivity contribution in [1.82, 2.24) is 0 Å². The molecular formula is C2H7ClNO4P. The van der Waals surface area contributed by atoms with Gasteiger partial charge < -0.3 is 14.7 Å². The minimum Gasteiger partial charge on any atom is -0.303 e. The van der Waals surface area contributed by atoms with Crippen molar-refractivity contribution in [3.8, 4) is 6.07 Å². The first kappa shape index (κ1) is 16.0. The lowest BCUT2D eigenvalue weighted by atomic mass is 11.0. The number of hydrogen-bond acceptors (Lipinski definition) is 2. The van der Waals surface area contributed by atoms with Crippen molar-refractivity contribution in [2.75, 3.05) is 0 Å². The summed E-state index contributed by atoms with van der Waals surface area (Å²) in [7, 11) is -4.64. The van der Waals surface area contributed by atoms with Crippen molar-refractivity contribution in [2.24, 2.45) is 0 Å². The summed E-state index contributed by atoms with van der Waals surface area (Å²) in [5.41, 5.74) is 0. The average Bonchev–Trinajstić information content (AvgIpc) is 1.27. The van der Waals surface area contributed by atoms with Crippen molar-refractivity contribution in [1.29, 1.82) is 5.26 Å². The summed E-state index contributed by atoms with van der Waals surface area (Å²) in [6, 6.07) is 1.75. The minimum absolute atomic E-state index is 0. The molecule has 0 rings (SSSR count). The zero-order chi connectivity index (χ0) is 7.21. The Morgan fingerprint density at radius 2 is 1.44 bits per heavy atom. The molecule has 0 unspecified atom stereocenters. The molecule has 0 aromatic heterocycles. The molecule has 5 nitrogen and oxygen atoms in total. The van der Waals surface area contributed by atoms with Gasteiger partial charge in [-0.25, -0.2) is 4.57 Å². The SMILES string of the molecule is CC#N.Cl.O=P(O)(O)O. The van der Waals surface area contributed by atoms with E-state index >= 15 is 0 Å². The van der Waals surface area contributed by atoms with Gasteiger partial charge in [0.2, 0.25) is 0 Å². The molecule has 0 bridgehead atoms. The lowest BCUT2D eigenvalue weighted by molar-refractivity contribution is 0.275. The third kappa shape index (κ3) is 22600. The Morgan fingerprint density at radius 1 is 1.44 bits per heavy atom. The van der Waals surface area contributed by atoms with E-state index in [9.17, 15) is 0 Å². The molecule has 0 saturated carbocycles. The maximum absolute atomic E-state index is 8.88. The molecule has 7 heteroatoms. The molecule has 0 fully saturated rings. The first-order valence-corrected chi connectivity index (χ1v) is 3.07. The van der Waals surface area contributed by atoms with Crippen LogP contribution in [0, 0.1) is 11.3 Å². The third-order valence-corrected chi connectivity index (χ3v) is 0. The van der Waals surface area contributed by atoms with Crippen LogP contribution in [0.5, 0.6) is 0 Å². The molecule has 0 saturated heterocycles. The molecule has 0 spiro atoms. The van der Waals surface area contributed by atoms with Gasteiger partial charge in [0.05, 0.1) is 6.07 Å². The van der Waals surface area contributed by atoms with Gasteiger partial charge in [-0.15, -0.1) is 12.4 Å². The largest absolute Gasteiger partial charge is 0.466 e. The molecule has 0 radical (unpaired) electrons. The van der Waals surface area contributed by atoms with Crippen LogP contribution in [-0.4, -0.2) is 14.7 Å². The van der Waals surface area contributed by atoms with E-state index in [1.165, 1.54) is 6.92 Å². The van der Waals surface area contributed by atoms with Crippen LogP contribution in [0.4, 0.5) is 0 Å².